The van der Waals surface area contributed by atoms with E-state index in [-0.39, 0.29) is 24.7 Å². The highest BCUT2D eigenvalue weighted by Crippen LogP contribution is 2.16. The number of rotatable bonds is 6. The zero-order valence-electron chi connectivity index (χ0n) is 11.4. The molecule has 0 aliphatic rings. The van der Waals surface area contributed by atoms with Crippen LogP contribution in [-0.2, 0) is 9.84 Å². The van der Waals surface area contributed by atoms with E-state index in [1.807, 2.05) is 0 Å². The van der Waals surface area contributed by atoms with Crippen LogP contribution >= 0.6 is 0 Å². The molecule has 1 aromatic carbocycles. The summed E-state index contributed by atoms with van der Waals surface area (Å²) >= 11 is 0. The van der Waals surface area contributed by atoms with Gasteiger partial charge in [-0.25, -0.2) is 12.8 Å². The van der Waals surface area contributed by atoms with Crippen LogP contribution in [0, 0.1) is 17.7 Å². The second-order valence-electron chi connectivity index (χ2n) is 4.12. The molecule has 110 valence electrons. The third-order valence-electron chi connectivity index (χ3n) is 2.51. The Hall–Kier alpha value is -1.58. The molecule has 0 aromatic heterocycles. The fraction of sp³-hybridized carbons (Fsp3) is 0.429. The molecule has 0 atom stereocenters. The van der Waals surface area contributed by atoms with Crippen LogP contribution in [0.3, 0.4) is 0 Å². The van der Waals surface area contributed by atoms with Crippen LogP contribution in [-0.4, -0.2) is 33.1 Å². The molecule has 0 unspecified atom stereocenters. The highest BCUT2D eigenvalue weighted by Gasteiger charge is 2.07. The zero-order chi connectivity index (χ0) is 15.0. The summed E-state index contributed by atoms with van der Waals surface area (Å²) in [4.78, 5) is 0. The smallest absolute Gasteiger partial charge is 0.150 e. The second kappa shape index (κ2) is 7.88. The van der Waals surface area contributed by atoms with Crippen molar-refractivity contribution < 1.29 is 17.5 Å². The topological polar surface area (TPSA) is 69.4 Å². The number of hydrogen-bond acceptors (Lipinski definition) is 4. The van der Waals surface area contributed by atoms with E-state index in [0.717, 1.165) is 0 Å². The van der Waals surface area contributed by atoms with E-state index in [9.17, 15) is 12.8 Å². The van der Waals surface area contributed by atoms with E-state index >= 15 is 0 Å². The number of nitrogens with two attached hydrogens (primary N) is 1. The summed E-state index contributed by atoms with van der Waals surface area (Å²) in [5.74, 6) is 5.41. The van der Waals surface area contributed by atoms with Crippen LogP contribution in [0.5, 0.6) is 5.75 Å². The SMILES string of the molecule is CCS(=O)(=O)CCCOc1cc(F)cc(C#CCN)c1. The molecule has 0 bridgehead atoms. The first-order chi connectivity index (χ1) is 9.46. The maximum absolute atomic E-state index is 13.3. The molecule has 0 amide bonds. The van der Waals surface area contributed by atoms with Gasteiger partial charge < -0.3 is 10.5 Å². The Balaban J connectivity index is 2.58. The van der Waals surface area contributed by atoms with Crippen LogP contribution < -0.4 is 10.5 Å². The van der Waals surface area contributed by atoms with Gasteiger partial charge in [0.2, 0.25) is 0 Å². The molecule has 0 aliphatic carbocycles. The van der Waals surface area contributed by atoms with Gasteiger partial charge in [-0.05, 0) is 18.6 Å². The van der Waals surface area contributed by atoms with Crippen LogP contribution in [0.25, 0.3) is 0 Å². The van der Waals surface area contributed by atoms with Gasteiger partial charge >= 0.3 is 0 Å². The van der Waals surface area contributed by atoms with Gasteiger partial charge in [0, 0.05) is 17.4 Å². The number of benzene rings is 1. The highest BCUT2D eigenvalue weighted by atomic mass is 32.2. The van der Waals surface area contributed by atoms with Gasteiger partial charge in [-0.3, -0.25) is 0 Å². The second-order valence-corrected chi connectivity index (χ2v) is 6.59. The third-order valence-corrected chi connectivity index (χ3v) is 4.30. The molecule has 0 saturated carbocycles. The number of ether oxygens (including phenoxy) is 1. The van der Waals surface area contributed by atoms with Crippen LogP contribution in [0.4, 0.5) is 4.39 Å². The summed E-state index contributed by atoms with van der Waals surface area (Å²) in [5, 5.41) is 0. The molecule has 4 nitrogen and oxygen atoms in total. The molecule has 1 aromatic rings. The molecular formula is C14H18FNO3S. The fourth-order valence-corrected chi connectivity index (χ4v) is 2.33. The predicted octanol–water partition coefficient (Wildman–Crippen LogP) is 1.34. The fourth-order valence-electron chi connectivity index (χ4n) is 1.48. The van der Waals surface area contributed by atoms with E-state index in [0.29, 0.717) is 17.7 Å². The van der Waals surface area contributed by atoms with E-state index in [2.05, 4.69) is 11.8 Å². The maximum Gasteiger partial charge on any atom is 0.150 e. The molecule has 6 heteroatoms. The zero-order valence-corrected chi connectivity index (χ0v) is 12.2. The summed E-state index contributed by atoms with van der Waals surface area (Å²) in [6.07, 6.45) is 0.372. The van der Waals surface area contributed by atoms with E-state index < -0.39 is 15.7 Å². The van der Waals surface area contributed by atoms with Crippen molar-refractivity contribution in [3.63, 3.8) is 0 Å². The summed E-state index contributed by atoms with van der Waals surface area (Å²) in [6, 6.07) is 4.12. The first-order valence-corrected chi connectivity index (χ1v) is 8.11. The first kappa shape index (κ1) is 16.5. The van der Waals surface area contributed by atoms with Crippen molar-refractivity contribution in [1.29, 1.82) is 0 Å². The van der Waals surface area contributed by atoms with Gasteiger partial charge in [0.25, 0.3) is 0 Å². The van der Waals surface area contributed by atoms with Gasteiger partial charge in [0.05, 0.1) is 18.9 Å². The number of hydrogen-bond donors (Lipinski definition) is 1. The standard InChI is InChI=1S/C14H18FNO3S/c1-2-20(17,18)8-4-7-19-14-10-12(5-3-6-16)9-13(15)11-14/h9-11H,2,4,6-8,16H2,1H3. The minimum Gasteiger partial charge on any atom is -0.493 e. The lowest BCUT2D eigenvalue weighted by Crippen LogP contribution is -2.11. The summed E-state index contributed by atoms with van der Waals surface area (Å²) in [5.41, 5.74) is 5.73. The van der Waals surface area contributed by atoms with Crippen LogP contribution in [0.1, 0.15) is 18.9 Å². The average molecular weight is 299 g/mol. The van der Waals surface area contributed by atoms with Crippen molar-refractivity contribution in [1.82, 2.24) is 0 Å². The van der Waals surface area contributed by atoms with Crippen molar-refractivity contribution in [2.24, 2.45) is 5.73 Å². The molecule has 0 spiro atoms. The van der Waals surface area contributed by atoms with Crippen molar-refractivity contribution in [3.8, 4) is 17.6 Å². The molecule has 20 heavy (non-hydrogen) atoms. The van der Waals surface area contributed by atoms with Crippen molar-refractivity contribution >= 4 is 9.84 Å². The Labute approximate surface area is 119 Å². The molecule has 0 fully saturated rings. The quantitative estimate of drug-likeness (QED) is 0.636. The van der Waals surface area contributed by atoms with E-state index in [4.69, 9.17) is 10.5 Å². The molecular weight excluding hydrogens is 281 g/mol. The first-order valence-electron chi connectivity index (χ1n) is 6.29. The normalized spacial score (nSPS) is 10.8. The Morgan fingerprint density at radius 1 is 1.35 bits per heavy atom. The van der Waals surface area contributed by atoms with Gasteiger partial charge in [0.1, 0.15) is 21.4 Å². The van der Waals surface area contributed by atoms with Crippen LogP contribution in [0.2, 0.25) is 0 Å². The Morgan fingerprint density at radius 2 is 2.10 bits per heavy atom. The minimum absolute atomic E-state index is 0.0681. The Kier molecular flexibility index (Phi) is 6.49. The van der Waals surface area contributed by atoms with Crippen molar-refractivity contribution in [3.05, 3.63) is 29.6 Å². The average Bonchev–Trinajstić information content (AvgIpc) is 2.41. The molecule has 2 N–H and O–H groups in total. The summed E-state index contributed by atoms with van der Waals surface area (Å²) in [7, 11) is -2.99. The minimum atomic E-state index is -2.99. The molecule has 0 heterocycles. The van der Waals surface area contributed by atoms with Gasteiger partial charge in [0.15, 0.2) is 0 Å². The Bertz CT molecular complexity index is 603. The van der Waals surface area contributed by atoms with Gasteiger partial charge in [-0.2, -0.15) is 0 Å². The molecule has 0 radical (unpaired) electrons. The van der Waals surface area contributed by atoms with Gasteiger partial charge in [-0.15, -0.1) is 0 Å². The largest absolute Gasteiger partial charge is 0.493 e. The molecule has 0 aliphatic heterocycles. The molecule has 1 rings (SSSR count). The lowest BCUT2D eigenvalue weighted by molar-refractivity contribution is 0.316. The van der Waals surface area contributed by atoms with Crippen LogP contribution in [0.15, 0.2) is 18.2 Å². The highest BCUT2D eigenvalue weighted by molar-refractivity contribution is 7.91. The van der Waals surface area contributed by atoms with Crippen molar-refractivity contribution in [2.75, 3.05) is 24.7 Å². The van der Waals surface area contributed by atoms with E-state index in [1.54, 1.807) is 13.0 Å². The lowest BCUT2D eigenvalue weighted by Gasteiger charge is -2.07. The van der Waals surface area contributed by atoms with Crippen molar-refractivity contribution in [2.45, 2.75) is 13.3 Å². The predicted molar refractivity (Wildman–Crippen MR) is 76.8 cm³/mol. The van der Waals surface area contributed by atoms with E-state index in [1.165, 1.54) is 12.1 Å². The van der Waals surface area contributed by atoms with Gasteiger partial charge in [-0.1, -0.05) is 18.8 Å². The maximum atomic E-state index is 13.3. The number of halogens is 1. The summed E-state index contributed by atoms with van der Waals surface area (Å²) < 4.78 is 41.3. The monoisotopic (exact) mass is 299 g/mol. The lowest BCUT2D eigenvalue weighted by atomic mass is 10.2. The number of sulfone groups is 1. The molecule has 0 saturated heterocycles. The summed E-state index contributed by atoms with van der Waals surface area (Å²) in [6.45, 7) is 2.01. The third kappa shape index (κ3) is 6.04. The Morgan fingerprint density at radius 3 is 2.75 bits per heavy atom.